The van der Waals surface area contributed by atoms with Crippen molar-refractivity contribution >= 4 is 5.65 Å². The minimum atomic E-state index is 0.624. The van der Waals surface area contributed by atoms with E-state index in [0.717, 1.165) is 16.9 Å². The standard InChI is InChI=1S/C10H9N3/c1-7-3-4-10-12-8(2)9(5-11)13(10)6-7/h3-4,6H,1-2H3. The van der Waals surface area contributed by atoms with E-state index >= 15 is 0 Å². The number of fused-ring (bicyclic) bond motifs is 1. The van der Waals surface area contributed by atoms with Gasteiger partial charge in [0.25, 0.3) is 0 Å². The molecule has 2 rings (SSSR count). The van der Waals surface area contributed by atoms with Gasteiger partial charge in [0.15, 0.2) is 0 Å². The predicted molar refractivity (Wildman–Crippen MR) is 49.4 cm³/mol. The summed E-state index contributed by atoms with van der Waals surface area (Å²) in [5, 5.41) is 8.89. The van der Waals surface area contributed by atoms with Crippen LogP contribution in [0.1, 0.15) is 17.0 Å². The summed E-state index contributed by atoms with van der Waals surface area (Å²) < 4.78 is 1.82. The second-order valence-corrected chi connectivity index (χ2v) is 3.09. The summed E-state index contributed by atoms with van der Waals surface area (Å²) in [4.78, 5) is 4.27. The molecule has 0 saturated heterocycles. The molecule has 3 nitrogen and oxygen atoms in total. The molecule has 2 aromatic rings. The maximum absolute atomic E-state index is 8.89. The van der Waals surface area contributed by atoms with Crippen LogP contribution < -0.4 is 0 Å². The molecule has 0 spiro atoms. The molecule has 13 heavy (non-hydrogen) atoms. The molecule has 2 heterocycles. The topological polar surface area (TPSA) is 41.1 Å². The van der Waals surface area contributed by atoms with E-state index in [0.29, 0.717) is 5.69 Å². The minimum absolute atomic E-state index is 0.624. The van der Waals surface area contributed by atoms with Gasteiger partial charge in [-0.3, -0.25) is 4.40 Å². The molecule has 0 N–H and O–H groups in total. The Bertz CT molecular complexity index is 503. The van der Waals surface area contributed by atoms with Gasteiger partial charge in [-0.15, -0.1) is 0 Å². The fourth-order valence-electron chi connectivity index (χ4n) is 1.40. The van der Waals surface area contributed by atoms with Crippen molar-refractivity contribution in [2.45, 2.75) is 13.8 Å². The van der Waals surface area contributed by atoms with E-state index < -0.39 is 0 Å². The average Bonchev–Trinajstić information content (AvgIpc) is 2.40. The molecule has 0 aliphatic carbocycles. The molecule has 0 unspecified atom stereocenters. The lowest BCUT2D eigenvalue weighted by atomic mass is 10.3. The van der Waals surface area contributed by atoms with E-state index in [9.17, 15) is 0 Å². The molecule has 0 aliphatic rings. The van der Waals surface area contributed by atoms with Gasteiger partial charge in [0.1, 0.15) is 17.4 Å². The van der Waals surface area contributed by atoms with E-state index in [1.54, 1.807) is 0 Å². The molecule has 0 aliphatic heterocycles. The Morgan fingerprint density at radius 3 is 2.85 bits per heavy atom. The average molecular weight is 171 g/mol. The number of nitrogens with zero attached hydrogens (tertiary/aromatic N) is 3. The molecule has 64 valence electrons. The van der Waals surface area contributed by atoms with E-state index in [1.165, 1.54) is 0 Å². The van der Waals surface area contributed by atoms with Crippen molar-refractivity contribution in [3.05, 3.63) is 35.3 Å². The quantitative estimate of drug-likeness (QED) is 0.606. The molecule has 0 radical (unpaired) electrons. The first-order valence-electron chi connectivity index (χ1n) is 4.08. The first kappa shape index (κ1) is 7.81. The molecular formula is C10H9N3. The molecular weight excluding hydrogens is 162 g/mol. The van der Waals surface area contributed by atoms with Gasteiger partial charge >= 0.3 is 0 Å². The Kier molecular flexibility index (Phi) is 1.56. The Balaban J connectivity index is 2.91. The normalized spacial score (nSPS) is 10.2. The fraction of sp³-hybridized carbons (Fsp3) is 0.200. The van der Waals surface area contributed by atoms with Crippen molar-refractivity contribution in [1.82, 2.24) is 9.38 Å². The molecule has 0 saturated carbocycles. The summed E-state index contributed by atoms with van der Waals surface area (Å²) in [6.45, 7) is 3.84. The second kappa shape index (κ2) is 2.60. The van der Waals surface area contributed by atoms with Gasteiger partial charge in [0.05, 0.1) is 5.69 Å². The van der Waals surface area contributed by atoms with Crippen molar-refractivity contribution in [3.8, 4) is 6.07 Å². The molecule has 2 aromatic heterocycles. The summed E-state index contributed by atoms with van der Waals surface area (Å²) in [7, 11) is 0. The van der Waals surface area contributed by atoms with E-state index in [1.807, 2.05) is 36.6 Å². The molecule has 0 bridgehead atoms. The highest BCUT2D eigenvalue weighted by molar-refractivity contribution is 5.47. The Morgan fingerprint density at radius 1 is 1.38 bits per heavy atom. The lowest BCUT2D eigenvalue weighted by Gasteiger charge is -1.95. The van der Waals surface area contributed by atoms with Gasteiger partial charge in [0, 0.05) is 6.20 Å². The van der Waals surface area contributed by atoms with Crippen LogP contribution in [0.2, 0.25) is 0 Å². The number of imidazole rings is 1. The van der Waals surface area contributed by atoms with E-state index in [-0.39, 0.29) is 0 Å². The van der Waals surface area contributed by atoms with Gasteiger partial charge in [-0.2, -0.15) is 5.26 Å². The van der Waals surface area contributed by atoms with Crippen LogP contribution >= 0.6 is 0 Å². The lowest BCUT2D eigenvalue weighted by Crippen LogP contribution is -1.89. The molecule has 0 amide bonds. The largest absolute Gasteiger partial charge is 0.291 e. The van der Waals surface area contributed by atoms with Gasteiger partial charge in [0.2, 0.25) is 0 Å². The number of aryl methyl sites for hydroxylation is 2. The first-order valence-corrected chi connectivity index (χ1v) is 4.08. The van der Waals surface area contributed by atoms with Crippen molar-refractivity contribution in [3.63, 3.8) is 0 Å². The fourth-order valence-corrected chi connectivity index (χ4v) is 1.40. The van der Waals surface area contributed by atoms with Crippen LogP contribution in [-0.2, 0) is 0 Å². The Labute approximate surface area is 76.3 Å². The monoisotopic (exact) mass is 171 g/mol. The number of aromatic nitrogens is 2. The smallest absolute Gasteiger partial charge is 0.147 e. The number of hydrogen-bond donors (Lipinski definition) is 0. The molecule has 3 heteroatoms. The summed E-state index contributed by atoms with van der Waals surface area (Å²) in [6, 6.07) is 6.05. The van der Waals surface area contributed by atoms with Crippen LogP contribution in [0.15, 0.2) is 18.3 Å². The highest BCUT2D eigenvalue weighted by Crippen LogP contribution is 2.11. The third kappa shape index (κ3) is 1.07. The van der Waals surface area contributed by atoms with Gasteiger partial charge < -0.3 is 0 Å². The highest BCUT2D eigenvalue weighted by Gasteiger charge is 2.06. The minimum Gasteiger partial charge on any atom is -0.291 e. The van der Waals surface area contributed by atoms with Crippen molar-refractivity contribution in [2.75, 3.05) is 0 Å². The SMILES string of the molecule is Cc1ccc2nc(C)c(C#N)n2c1. The summed E-state index contributed by atoms with van der Waals surface area (Å²) >= 11 is 0. The van der Waals surface area contributed by atoms with E-state index in [4.69, 9.17) is 5.26 Å². The zero-order chi connectivity index (χ0) is 9.42. The Hall–Kier alpha value is -1.82. The zero-order valence-electron chi connectivity index (χ0n) is 7.57. The Morgan fingerprint density at radius 2 is 2.15 bits per heavy atom. The van der Waals surface area contributed by atoms with Gasteiger partial charge in [-0.25, -0.2) is 4.98 Å². The number of pyridine rings is 1. The second-order valence-electron chi connectivity index (χ2n) is 3.09. The summed E-state index contributed by atoms with van der Waals surface area (Å²) in [6.07, 6.45) is 1.92. The number of rotatable bonds is 0. The van der Waals surface area contributed by atoms with Crippen LogP contribution in [0, 0.1) is 25.2 Å². The third-order valence-corrected chi connectivity index (χ3v) is 2.05. The van der Waals surface area contributed by atoms with Gasteiger partial charge in [-0.1, -0.05) is 6.07 Å². The van der Waals surface area contributed by atoms with Crippen molar-refractivity contribution in [2.24, 2.45) is 0 Å². The molecule has 0 aromatic carbocycles. The van der Waals surface area contributed by atoms with Crippen LogP contribution in [-0.4, -0.2) is 9.38 Å². The number of hydrogen-bond acceptors (Lipinski definition) is 2. The first-order chi connectivity index (χ1) is 6.22. The van der Waals surface area contributed by atoms with Gasteiger partial charge in [-0.05, 0) is 25.5 Å². The summed E-state index contributed by atoms with van der Waals surface area (Å²) in [5.74, 6) is 0. The maximum atomic E-state index is 8.89. The third-order valence-electron chi connectivity index (χ3n) is 2.05. The highest BCUT2D eigenvalue weighted by atomic mass is 15.0. The van der Waals surface area contributed by atoms with Crippen molar-refractivity contribution < 1.29 is 0 Å². The zero-order valence-corrected chi connectivity index (χ0v) is 7.57. The lowest BCUT2D eigenvalue weighted by molar-refractivity contribution is 1.12. The van der Waals surface area contributed by atoms with Crippen LogP contribution in [0.25, 0.3) is 5.65 Å². The molecule has 0 atom stereocenters. The van der Waals surface area contributed by atoms with Crippen molar-refractivity contribution in [1.29, 1.82) is 5.26 Å². The summed E-state index contributed by atoms with van der Waals surface area (Å²) in [5.41, 5.74) is 3.37. The maximum Gasteiger partial charge on any atom is 0.147 e. The van der Waals surface area contributed by atoms with Crippen LogP contribution in [0.3, 0.4) is 0 Å². The number of nitriles is 1. The molecule has 0 fully saturated rings. The predicted octanol–water partition coefficient (Wildman–Crippen LogP) is 1.82. The van der Waals surface area contributed by atoms with E-state index in [2.05, 4.69) is 11.1 Å². The van der Waals surface area contributed by atoms with Crippen LogP contribution in [0.5, 0.6) is 0 Å². The van der Waals surface area contributed by atoms with Crippen LogP contribution in [0.4, 0.5) is 0 Å².